The van der Waals surface area contributed by atoms with E-state index in [-0.39, 0.29) is 23.9 Å². The van der Waals surface area contributed by atoms with Gasteiger partial charge < -0.3 is 10.6 Å². The monoisotopic (exact) mass is 528 g/mol. The van der Waals surface area contributed by atoms with Crippen molar-refractivity contribution in [3.8, 4) is 11.1 Å². The number of rotatable bonds is 7. The molecule has 1 fully saturated rings. The van der Waals surface area contributed by atoms with E-state index in [0.29, 0.717) is 30.0 Å². The summed E-state index contributed by atoms with van der Waals surface area (Å²) >= 11 is 6.10. The molecule has 0 heterocycles. The summed E-state index contributed by atoms with van der Waals surface area (Å²) in [5, 5.41) is 6.44. The fraction of sp³-hybridized carbons (Fsp3) is 0.310. The molecule has 194 valence electrons. The van der Waals surface area contributed by atoms with E-state index in [0.717, 1.165) is 29.2 Å². The lowest BCUT2D eigenvalue weighted by atomic mass is 9.94. The van der Waals surface area contributed by atoms with Gasteiger partial charge in [0.1, 0.15) is 0 Å². The van der Waals surface area contributed by atoms with Gasteiger partial charge >= 0.3 is 6.18 Å². The van der Waals surface area contributed by atoms with Gasteiger partial charge in [-0.2, -0.15) is 13.2 Å². The van der Waals surface area contributed by atoms with E-state index in [1.54, 1.807) is 36.4 Å². The van der Waals surface area contributed by atoms with Crippen LogP contribution in [0, 0.1) is 18.8 Å². The summed E-state index contributed by atoms with van der Waals surface area (Å²) in [6.07, 6.45) is -2.38. The maximum atomic E-state index is 13.3. The fourth-order valence-corrected chi connectivity index (χ4v) is 5.24. The van der Waals surface area contributed by atoms with Gasteiger partial charge in [-0.15, -0.1) is 0 Å². The van der Waals surface area contributed by atoms with Gasteiger partial charge in [0.2, 0.25) is 11.8 Å². The molecule has 0 spiro atoms. The molecule has 0 bridgehead atoms. The van der Waals surface area contributed by atoms with Crippen LogP contribution in [0.3, 0.4) is 0 Å². The highest BCUT2D eigenvalue weighted by Crippen LogP contribution is 2.37. The van der Waals surface area contributed by atoms with Crippen LogP contribution in [0.5, 0.6) is 0 Å². The number of aryl methyl sites for hydroxylation is 1. The second-order valence-electron chi connectivity index (χ2n) is 9.46. The molecule has 37 heavy (non-hydrogen) atoms. The van der Waals surface area contributed by atoms with Crippen molar-refractivity contribution < 1.29 is 22.8 Å². The molecule has 0 aromatic heterocycles. The molecule has 4 rings (SSSR count). The van der Waals surface area contributed by atoms with E-state index >= 15 is 0 Å². The van der Waals surface area contributed by atoms with Crippen LogP contribution in [0.1, 0.15) is 41.5 Å². The molecular formula is C29H28ClF3N2O2. The number of halogens is 4. The van der Waals surface area contributed by atoms with Crippen molar-refractivity contribution in [1.29, 1.82) is 0 Å². The third kappa shape index (κ3) is 6.72. The van der Waals surface area contributed by atoms with Crippen LogP contribution >= 0.6 is 11.6 Å². The van der Waals surface area contributed by atoms with Crippen LogP contribution in [-0.4, -0.2) is 11.8 Å². The van der Waals surface area contributed by atoms with Gasteiger partial charge in [-0.1, -0.05) is 66.6 Å². The summed E-state index contributed by atoms with van der Waals surface area (Å²) in [6, 6.07) is 17.7. The Morgan fingerprint density at radius 1 is 0.865 bits per heavy atom. The number of nitrogens with one attached hydrogen (secondary N) is 2. The Balaban J connectivity index is 1.34. The average molecular weight is 529 g/mol. The molecular weight excluding hydrogens is 501 g/mol. The van der Waals surface area contributed by atoms with Crippen LogP contribution in [0.4, 0.5) is 13.2 Å². The second kappa shape index (κ2) is 11.4. The van der Waals surface area contributed by atoms with Gasteiger partial charge in [0.25, 0.3) is 0 Å². The minimum Gasteiger partial charge on any atom is -0.352 e. The number of amides is 2. The number of hydrogen-bond acceptors (Lipinski definition) is 2. The smallest absolute Gasteiger partial charge is 0.352 e. The fourth-order valence-electron chi connectivity index (χ4n) is 4.93. The van der Waals surface area contributed by atoms with Crippen LogP contribution in [-0.2, 0) is 28.9 Å². The lowest BCUT2D eigenvalue weighted by Crippen LogP contribution is -2.39. The number of carbonyl (C=O) groups excluding carboxylic acids is 2. The quantitative estimate of drug-likeness (QED) is 0.359. The lowest BCUT2D eigenvalue weighted by Gasteiger charge is -2.19. The highest BCUT2D eigenvalue weighted by Gasteiger charge is 2.37. The molecule has 1 unspecified atom stereocenters. The summed E-state index contributed by atoms with van der Waals surface area (Å²) in [7, 11) is 0. The Bertz CT molecular complexity index is 1250. The SMILES string of the molecule is Cc1cc(Cl)cc(CNC(=O)[C@@H]2CCCC2C(=O)NCc2ccc(-c3ccccc3C(F)(F)F)cc2)c1. The van der Waals surface area contributed by atoms with Crippen molar-refractivity contribution in [3.05, 3.63) is 94.0 Å². The summed E-state index contributed by atoms with van der Waals surface area (Å²) in [5.74, 6) is -1.16. The maximum absolute atomic E-state index is 13.3. The molecule has 0 saturated heterocycles. The average Bonchev–Trinajstić information content (AvgIpc) is 3.35. The largest absolute Gasteiger partial charge is 0.417 e. The zero-order valence-corrected chi connectivity index (χ0v) is 21.1. The molecule has 2 amide bonds. The molecule has 2 N–H and O–H groups in total. The Labute approximate surface area is 219 Å². The van der Waals surface area contributed by atoms with Crippen molar-refractivity contribution >= 4 is 23.4 Å². The minimum absolute atomic E-state index is 0.110. The third-order valence-electron chi connectivity index (χ3n) is 6.72. The highest BCUT2D eigenvalue weighted by atomic mass is 35.5. The van der Waals surface area contributed by atoms with E-state index in [1.165, 1.54) is 12.1 Å². The highest BCUT2D eigenvalue weighted by molar-refractivity contribution is 6.30. The van der Waals surface area contributed by atoms with Crippen LogP contribution in [0.15, 0.2) is 66.7 Å². The number of alkyl halides is 3. The van der Waals surface area contributed by atoms with Crippen molar-refractivity contribution in [3.63, 3.8) is 0 Å². The van der Waals surface area contributed by atoms with Gasteiger partial charge in [-0.05, 0) is 65.8 Å². The molecule has 1 saturated carbocycles. The van der Waals surface area contributed by atoms with Crippen molar-refractivity contribution in [1.82, 2.24) is 10.6 Å². The third-order valence-corrected chi connectivity index (χ3v) is 6.94. The topological polar surface area (TPSA) is 58.2 Å². The first-order valence-corrected chi connectivity index (χ1v) is 12.6. The summed E-state index contributed by atoms with van der Waals surface area (Å²) < 4.78 is 40.0. The first-order chi connectivity index (χ1) is 17.6. The Morgan fingerprint density at radius 2 is 1.46 bits per heavy atom. The number of hydrogen-bond donors (Lipinski definition) is 2. The molecule has 4 nitrogen and oxygen atoms in total. The van der Waals surface area contributed by atoms with Gasteiger partial charge in [0.15, 0.2) is 0 Å². The first-order valence-electron chi connectivity index (χ1n) is 12.2. The zero-order valence-electron chi connectivity index (χ0n) is 20.4. The van der Waals surface area contributed by atoms with Gasteiger partial charge in [-0.3, -0.25) is 9.59 Å². The van der Waals surface area contributed by atoms with Gasteiger partial charge in [-0.25, -0.2) is 0 Å². The van der Waals surface area contributed by atoms with Crippen molar-refractivity contribution in [2.45, 2.75) is 45.5 Å². The second-order valence-corrected chi connectivity index (χ2v) is 9.89. The summed E-state index contributed by atoms with van der Waals surface area (Å²) in [6.45, 7) is 2.51. The van der Waals surface area contributed by atoms with E-state index in [1.807, 2.05) is 19.1 Å². The van der Waals surface area contributed by atoms with E-state index < -0.39 is 23.6 Å². The molecule has 0 aliphatic heterocycles. The molecule has 8 heteroatoms. The maximum Gasteiger partial charge on any atom is 0.417 e. The van der Waals surface area contributed by atoms with Crippen LogP contribution in [0.25, 0.3) is 11.1 Å². The molecule has 0 radical (unpaired) electrons. The van der Waals surface area contributed by atoms with Crippen molar-refractivity contribution in [2.75, 3.05) is 0 Å². The zero-order chi connectivity index (χ0) is 26.6. The molecule has 2 atom stereocenters. The summed E-state index contributed by atoms with van der Waals surface area (Å²) in [4.78, 5) is 25.8. The Kier molecular flexibility index (Phi) is 8.22. The van der Waals surface area contributed by atoms with Crippen molar-refractivity contribution in [2.24, 2.45) is 11.8 Å². The predicted molar refractivity (Wildman–Crippen MR) is 138 cm³/mol. The normalized spacial score (nSPS) is 17.4. The number of carbonyl (C=O) groups is 2. The minimum atomic E-state index is -4.44. The molecule has 1 aliphatic rings. The number of benzene rings is 3. The van der Waals surface area contributed by atoms with Crippen LogP contribution < -0.4 is 10.6 Å². The standard InChI is InChI=1S/C29H28ClF3N2O2/c1-18-13-20(15-22(30)14-18)17-35-28(37)25-7-4-6-24(25)27(36)34-16-19-9-11-21(12-10-19)23-5-2-3-8-26(23)29(31,32)33/h2-3,5,8-15,24-25H,4,6-7,16-17H2,1H3,(H,34,36)(H,35,37)/t24?,25-/m1/s1. The molecule has 3 aromatic rings. The molecule has 1 aliphatic carbocycles. The van der Waals surface area contributed by atoms with E-state index in [9.17, 15) is 22.8 Å². The van der Waals surface area contributed by atoms with Crippen LogP contribution in [0.2, 0.25) is 5.02 Å². The van der Waals surface area contributed by atoms with E-state index in [4.69, 9.17) is 11.6 Å². The Hall–Kier alpha value is -3.32. The lowest BCUT2D eigenvalue weighted by molar-refractivity contribution is -0.137. The predicted octanol–water partition coefficient (Wildman–Crippen LogP) is 6.68. The van der Waals surface area contributed by atoms with Gasteiger partial charge in [0, 0.05) is 29.9 Å². The van der Waals surface area contributed by atoms with E-state index in [2.05, 4.69) is 10.6 Å². The first kappa shape index (κ1) is 26.7. The molecule has 3 aromatic carbocycles. The Morgan fingerprint density at radius 3 is 2.05 bits per heavy atom. The summed E-state index contributed by atoms with van der Waals surface area (Å²) in [5.41, 5.74) is 2.54. The van der Waals surface area contributed by atoms with Gasteiger partial charge in [0.05, 0.1) is 5.56 Å².